The molecule has 0 aliphatic carbocycles. The number of hydrogen-bond acceptors (Lipinski definition) is 4. The third kappa shape index (κ3) is 3.47. The van der Waals surface area contributed by atoms with Crippen LogP contribution in [0.5, 0.6) is 11.6 Å². The Morgan fingerprint density at radius 3 is 2.48 bits per heavy atom. The number of benzene rings is 1. The van der Waals surface area contributed by atoms with Crippen molar-refractivity contribution in [2.24, 2.45) is 0 Å². The Balaban J connectivity index is 2.64. The second-order valence-electron chi connectivity index (χ2n) is 6.38. The minimum atomic E-state index is -0.873. The van der Waals surface area contributed by atoms with Crippen molar-refractivity contribution < 1.29 is 19.7 Å². The molecule has 6 nitrogen and oxygen atoms in total. The summed E-state index contributed by atoms with van der Waals surface area (Å²) in [6.07, 6.45) is 0.310. The molecular formula is C17H22N2O4. The second kappa shape index (κ2) is 6.32. The SMILES string of the molecule is COc1c(CCC(=O)O)c(C(C)(C)C)nn1-c1ccccc1O. The molecule has 0 amide bonds. The van der Waals surface area contributed by atoms with Crippen LogP contribution in [-0.2, 0) is 16.6 Å². The van der Waals surface area contributed by atoms with E-state index >= 15 is 0 Å². The summed E-state index contributed by atoms with van der Waals surface area (Å²) in [6.45, 7) is 6.02. The Labute approximate surface area is 135 Å². The Morgan fingerprint density at radius 2 is 1.96 bits per heavy atom. The van der Waals surface area contributed by atoms with Gasteiger partial charge in [-0.1, -0.05) is 32.9 Å². The largest absolute Gasteiger partial charge is 0.506 e. The van der Waals surface area contributed by atoms with Crippen LogP contribution in [0.3, 0.4) is 0 Å². The number of aromatic nitrogens is 2. The molecule has 0 atom stereocenters. The van der Waals surface area contributed by atoms with Gasteiger partial charge in [-0.05, 0) is 18.6 Å². The summed E-state index contributed by atoms with van der Waals surface area (Å²) < 4.78 is 7.03. The van der Waals surface area contributed by atoms with Gasteiger partial charge in [-0.3, -0.25) is 4.79 Å². The standard InChI is InChI=1S/C17H22N2O4/c1-17(2,3)15-11(9-10-14(21)22)16(23-4)19(18-15)12-7-5-6-8-13(12)20/h5-8,20H,9-10H2,1-4H3,(H,21,22). The number of phenols is 1. The fourth-order valence-corrected chi connectivity index (χ4v) is 2.51. The van der Waals surface area contributed by atoms with Gasteiger partial charge in [0.25, 0.3) is 0 Å². The van der Waals surface area contributed by atoms with E-state index in [0.29, 0.717) is 18.0 Å². The summed E-state index contributed by atoms with van der Waals surface area (Å²) in [5.74, 6) is -0.335. The lowest BCUT2D eigenvalue weighted by Crippen LogP contribution is -2.15. The van der Waals surface area contributed by atoms with Crippen molar-refractivity contribution in [2.75, 3.05) is 7.11 Å². The molecule has 0 radical (unpaired) electrons. The number of nitrogens with zero attached hydrogens (tertiary/aromatic N) is 2. The smallest absolute Gasteiger partial charge is 0.303 e. The third-order valence-electron chi connectivity index (χ3n) is 3.54. The molecule has 0 spiro atoms. The van der Waals surface area contributed by atoms with Crippen LogP contribution in [0.2, 0.25) is 0 Å². The van der Waals surface area contributed by atoms with E-state index in [1.54, 1.807) is 24.3 Å². The highest BCUT2D eigenvalue weighted by atomic mass is 16.5. The van der Waals surface area contributed by atoms with Crippen LogP contribution in [0, 0.1) is 0 Å². The van der Waals surface area contributed by atoms with Gasteiger partial charge < -0.3 is 14.9 Å². The van der Waals surface area contributed by atoms with E-state index in [2.05, 4.69) is 5.10 Å². The van der Waals surface area contributed by atoms with Gasteiger partial charge in [-0.15, -0.1) is 0 Å². The number of aliphatic carboxylic acids is 1. The number of carbonyl (C=O) groups is 1. The highest BCUT2D eigenvalue weighted by Gasteiger charge is 2.28. The lowest BCUT2D eigenvalue weighted by atomic mass is 9.88. The fourth-order valence-electron chi connectivity index (χ4n) is 2.51. The number of para-hydroxylation sites is 2. The highest BCUT2D eigenvalue weighted by Crippen LogP contribution is 2.36. The van der Waals surface area contributed by atoms with E-state index in [1.807, 2.05) is 20.8 Å². The van der Waals surface area contributed by atoms with Crippen LogP contribution >= 0.6 is 0 Å². The lowest BCUT2D eigenvalue weighted by molar-refractivity contribution is -0.136. The van der Waals surface area contributed by atoms with Crippen LogP contribution in [0.1, 0.15) is 38.4 Å². The maximum absolute atomic E-state index is 11.0. The van der Waals surface area contributed by atoms with Gasteiger partial charge in [0, 0.05) is 17.4 Å². The third-order valence-corrected chi connectivity index (χ3v) is 3.54. The molecule has 0 aliphatic heterocycles. The van der Waals surface area contributed by atoms with Gasteiger partial charge in [0.15, 0.2) is 0 Å². The van der Waals surface area contributed by atoms with Gasteiger partial charge >= 0.3 is 5.97 Å². The zero-order valence-electron chi connectivity index (χ0n) is 13.8. The summed E-state index contributed by atoms with van der Waals surface area (Å²) in [5, 5.41) is 23.7. The first-order valence-corrected chi connectivity index (χ1v) is 7.42. The number of methoxy groups -OCH3 is 1. The first-order valence-electron chi connectivity index (χ1n) is 7.42. The van der Waals surface area contributed by atoms with E-state index in [-0.39, 0.29) is 17.6 Å². The predicted molar refractivity (Wildman–Crippen MR) is 86.4 cm³/mol. The van der Waals surface area contributed by atoms with Crippen molar-refractivity contribution in [1.82, 2.24) is 9.78 Å². The Morgan fingerprint density at radius 1 is 1.30 bits per heavy atom. The van der Waals surface area contributed by atoms with Crippen LogP contribution in [0.15, 0.2) is 24.3 Å². The minimum absolute atomic E-state index is 0.00803. The maximum atomic E-state index is 11.0. The molecule has 2 aromatic rings. The highest BCUT2D eigenvalue weighted by molar-refractivity contribution is 5.67. The van der Waals surface area contributed by atoms with Gasteiger partial charge in [-0.25, -0.2) is 0 Å². The number of phenolic OH excluding ortho intramolecular Hbond substituents is 1. The fraction of sp³-hybridized carbons (Fsp3) is 0.412. The van der Waals surface area contributed by atoms with Crippen molar-refractivity contribution in [1.29, 1.82) is 0 Å². The van der Waals surface area contributed by atoms with Crippen LogP contribution < -0.4 is 4.74 Å². The molecule has 6 heteroatoms. The van der Waals surface area contributed by atoms with Crippen molar-refractivity contribution >= 4 is 5.97 Å². The topological polar surface area (TPSA) is 84.6 Å². The van der Waals surface area contributed by atoms with E-state index in [0.717, 1.165) is 11.3 Å². The van der Waals surface area contributed by atoms with Crippen molar-refractivity contribution in [2.45, 2.75) is 39.0 Å². The zero-order valence-corrected chi connectivity index (χ0v) is 13.8. The number of ether oxygens (including phenoxy) is 1. The quantitative estimate of drug-likeness (QED) is 0.885. The van der Waals surface area contributed by atoms with E-state index in [4.69, 9.17) is 9.84 Å². The molecule has 1 aromatic carbocycles. The normalized spacial score (nSPS) is 11.5. The molecule has 0 saturated heterocycles. The molecular weight excluding hydrogens is 296 g/mol. The maximum Gasteiger partial charge on any atom is 0.303 e. The van der Waals surface area contributed by atoms with E-state index < -0.39 is 5.97 Å². The van der Waals surface area contributed by atoms with Crippen LogP contribution in [-0.4, -0.2) is 33.1 Å². The van der Waals surface area contributed by atoms with Crippen LogP contribution in [0.25, 0.3) is 5.69 Å². The van der Waals surface area contributed by atoms with Gasteiger partial charge in [-0.2, -0.15) is 9.78 Å². The molecule has 2 rings (SSSR count). The molecule has 23 heavy (non-hydrogen) atoms. The number of aromatic hydroxyl groups is 1. The van der Waals surface area contributed by atoms with Gasteiger partial charge in [0.2, 0.25) is 5.88 Å². The molecule has 0 aliphatic rings. The van der Waals surface area contributed by atoms with Crippen molar-refractivity contribution in [3.8, 4) is 17.3 Å². The molecule has 0 bridgehead atoms. The Hall–Kier alpha value is -2.50. The van der Waals surface area contributed by atoms with Crippen molar-refractivity contribution in [3.05, 3.63) is 35.5 Å². The molecule has 0 unspecified atom stereocenters. The summed E-state index contributed by atoms with van der Waals surface area (Å²) in [7, 11) is 1.52. The van der Waals surface area contributed by atoms with E-state index in [1.165, 1.54) is 11.8 Å². The number of carboxylic acids is 1. The molecule has 1 aromatic heterocycles. The van der Waals surface area contributed by atoms with Crippen LogP contribution in [0.4, 0.5) is 0 Å². The van der Waals surface area contributed by atoms with Gasteiger partial charge in [0.05, 0.1) is 12.8 Å². The number of rotatable bonds is 5. The average molecular weight is 318 g/mol. The summed E-state index contributed by atoms with van der Waals surface area (Å²) in [6, 6.07) is 6.83. The average Bonchev–Trinajstić information content (AvgIpc) is 2.84. The molecule has 0 saturated carbocycles. The summed E-state index contributed by atoms with van der Waals surface area (Å²) >= 11 is 0. The van der Waals surface area contributed by atoms with Crippen molar-refractivity contribution in [3.63, 3.8) is 0 Å². The Kier molecular flexibility index (Phi) is 4.63. The molecule has 0 fully saturated rings. The number of hydrogen-bond donors (Lipinski definition) is 2. The summed E-state index contributed by atoms with van der Waals surface area (Å²) in [5.41, 5.74) is 1.73. The molecule has 124 valence electrons. The number of carboxylic acid groups (broad SMARTS) is 1. The molecule has 2 N–H and O–H groups in total. The Bertz CT molecular complexity index is 714. The predicted octanol–water partition coefficient (Wildman–Crippen LogP) is 2.90. The lowest BCUT2D eigenvalue weighted by Gasteiger charge is -2.17. The first-order chi connectivity index (χ1) is 10.8. The van der Waals surface area contributed by atoms with E-state index in [9.17, 15) is 9.90 Å². The molecule has 1 heterocycles. The second-order valence-corrected chi connectivity index (χ2v) is 6.38. The minimum Gasteiger partial charge on any atom is -0.506 e. The zero-order chi connectivity index (χ0) is 17.2. The summed E-state index contributed by atoms with van der Waals surface area (Å²) in [4.78, 5) is 11.0. The monoisotopic (exact) mass is 318 g/mol. The van der Waals surface area contributed by atoms with Gasteiger partial charge in [0.1, 0.15) is 11.4 Å². The first kappa shape index (κ1) is 16.9.